The van der Waals surface area contributed by atoms with E-state index in [0.29, 0.717) is 6.07 Å². The number of benzene rings is 1. The third-order valence-electron chi connectivity index (χ3n) is 2.31. The molecule has 0 amide bonds. The lowest BCUT2D eigenvalue weighted by atomic mass is 10.0. The van der Waals surface area contributed by atoms with E-state index in [4.69, 9.17) is 5.11 Å². The predicted molar refractivity (Wildman–Crippen MR) is 55.8 cm³/mol. The Kier molecular flexibility index (Phi) is 5.10. The highest BCUT2D eigenvalue weighted by atomic mass is 19.4. The lowest BCUT2D eigenvalue weighted by molar-refractivity contribution is -0.274. The van der Waals surface area contributed by atoms with Crippen molar-refractivity contribution in [1.29, 1.82) is 0 Å². The van der Waals surface area contributed by atoms with E-state index in [1.807, 2.05) is 0 Å². The molecule has 1 aromatic carbocycles. The van der Waals surface area contributed by atoms with Gasteiger partial charge in [-0.25, -0.2) is 4.39 Å². The van der Waals surface area contributed by atoms with Crippen LogP contribution in [0, 0.1) is 5.82 Å². The summed E-state index contributed by atoms with van der Waals surface area (Å²) in [4.78, 5) is 0. The smallest absolute Gasteiger partial charge is 0.406 e. The number of hydrogen-bond acceptors (Lipinski definition) is 4. The van der Waals surface area contributed by atoms with Gasteiger partial charge in [0.15, 0.2) is 0 Å². The van der Waals surface area contributed by atoms with Gasteiger partial charge in [-0.2, -0.15) is 0 Å². The molecule has 0 heterocycles. The molecule has 0 aromatic heterocycles. The van der Waals surface area contributed by atoms with E-state index in [9.17, 15) is 27.8 Å². The number of alkyl halides is 3. The molecule has 0 aliphatic rings. The SMILES string of the molecule is OCCC(O)C(O)c1ccc(OC(F)(F)F)cc1F. The van der Waals surface area contributed by atoms with Crippen molar-refractivity contribution in [2.45, 2.75) is 25.0 Å². The number of aliphatic hydroxyl groups excluding tert-OH is 3. The first kappa shape index (κ1) is 15.7. The maximum absolute atomic E-state index is 13.5. The predicted octanol–water partition coefficient (Wildman–Crippen LogP) is 1.50. The van der Waals surface area contributed by atoms with Gasteiger partial charge in [0.1, 0.15) is 17.7 Å². The number of ether oxygens (including phenoxy) is 1. The second kappa shape index (κ2) is 6.18. The first-order valence-corrected chi connectivity index (χ1v) is 5.27. The summed E-state index contributed by atoms with van der Waals surface area (Å²) in [7, 11) is 0. The largest absolute Gasteiger partial charge is 0.573 e. The molecule has 0 saturated heterocycles. The monoisotopic (exact) mass is 284 g/mol. The van der Waals surface area contributed by atoms with Crippen LogP contribution in [0.5, 0.6) is 5.75 Å². The van der Waals surface area contributed by atoms with Crippen LogP contribution < -0.4 is 4.74 Å². The molecular weight excluding hydrogens is 272 g/mol. The summed E-state index contributed by atoms with van der Waals surface area (Å²) in [5, 5.41) is 27.5. The topological polar surface area (TPSA) is 69.9 Å². The molecular formula is C11H12F4O4. The first-order chi connectivity index (χ1) is 8.74. The van der Waals surface area contributed by atoms with Crippen LogP contribution in [0.3, 0.4) is 0 Å². The van der Waals surface area contributed by atoms with Crippen LogP contribution >= 0.6 is 0 Å². The molecule has 0 spiro atoms. The van der Waals surface area contributed by atoms with E-state index in [0.717, 1.165) is 12.1 Å². The molecule has 108 valence electrons. The van der Waals surface area contributed by atoms with E-state index in [2.05, 4.69) is 4.74 Å². The second-order valence-electron chi connectivity index (χ2n) is 3.76. The molecule has 8 heteroatoms. The fraction of sp³-hybridized carbons (Fsp3) is 0.455. The van der Waals surface area contributed by atoms with Crippen molar-refractivity contribution >= 4 is 0 Å². The Morgan fingerprint density at radius 2 is 1.84 bits per heavy atom. The highest BCUT2D eigenvalue weighted by Crippen LogP contribution is 2.28. The van der Waals surface area contributed by atoms with Gasteiger partial charge in [0.25, 0.3) is 0 Å². The summed E-state index contributed by atoms with van der Waals surface area (Å²) in [6.07, 6.45) is -8.20. The zero-order valence-electron chi connectivity index (χ0n) is 9.56. The van der Waals surface area contributed by atoms with Crippen LogP contribution in [0.1, 0.15) is 18.1 Å². The maximum atomic E-state index is 13.5. The highest BCUT2D eigenvalue weighted by Gasteiger charge is 2.31. The lowest BCUT2D eigenvalue weighted by Crippen LogP contribution is -2.21. The zero-order valence-corrected chi connectivity index (χ0v) is 9.56. The molecule has 0 fully saturated rings. The summed E-state index contributed by atoms with van der Waals surface area (Å²) in [5.74, 6) is -1.91. The van der Waals surface area contributed by atoms with Crippen LogP contribution in [0.4, 0.5) is 17.6 Å². The molecule has 4 nitrogen and oxygen atoms in total. The molecule has 1 aromatic rings. The van der Waals surface area contributed by atoms with Gasteiger partial charge in [0, 0.05) is 18.2 Å². The Balaban J connectivity index is 2.88. The highest BCUT2D eigenvalue weighted by molar-refractivity contribution is 5.30. The maximum Gasteiger partial charge on any atom is 0.573 e. The first-order valence-electron chi connectivity index (χ1n) is 5.27. The fourth-order valence-electron chi connectivity index (χ4n) is 1.44. The minimum absolute atomic E-state index is 0.193. The summed E-state index contributed by atoms with van der Waals surface area (Å²) < 4.78 is 52.7. The van der Waals surface area contributed by atoms with Gasteiger partial charge in [-0.3, -0.25) is 0 Å². The fourth-order valence-corrected chi connectivity index (χ4v) is 1.44. The molecule has 2 unspecified atom stereocenters. The molecule has 3 N–H and O–H groups in total. The standard InChI is InChI=1S/C11H12F4O4/c12-8-5-6(19-11(13,14)15)1-2-7(8)10(18)9(17)3-4-16/h1-2,5,9-10,16-18H,3-4H2. The van der Waals surface area contributed by atoms with Crippen LogP contribution in [-0.4, -0.2) is 34.4 Å². The normalized spacial score (nSPS) is 15.1. The van der Waals surface area contributed by atoms with Gasteiger partial charge in [-0.1, -0.05) is 0 Å². The van der Waals surface area contributed by atoms with Crippen molar-refractivity contribution in [3.63, 3.8) is 0 Å². The van der Waals surface area contributed by atoms with Crippen molar-refractivity contribution in [2.75, 3.05) is 6.61 Å². The van der Waals surface area contributed by atoms with Crippen molar-refractivity contribution in [3.8, 4) is 5.75 Å². The second-order valence-corrected chi connectivity index (χ2v) is 3.76. The Hall–Kier alpha value is -1.38. The minimum atomic E-state index is -4.94. The van der Waals surface area contributed by atoms with Crippen molar-refractivity contribution in [1.82, 2.24) is 0 Å². The molecule has 2 atom stereocenters. The van der Waals surface area contributed by atoms with Gasteiger partial charge in [-0.05, 0) is 18.6 Å². The average Bonchev–Trinajstić information content (AvgIpc) is 2.26. The molecule has 0 aliphatic carbocycles. The van der Waals surface area contributed by atoms with Crippen molar-refractivity contribution in [2.24, 2.45) is 0 Å². The molecule has 19 heavy (non-hydrogen) atoms. The summed E-state index contributed by atoms with van der Waals surface area (Å²) in [6, 6.07) is 2.15. The quantitative estimate of drug-likeness (QED) is 0.717. The van der Waals surface area contributed by atoms with E-state index in [-0.39, 0.29) is 12.0 Å². The Morgan fingerprint density at radius 1 is 1.21 bits per heavy atom. The van der Waals surface area contributed by atoms with E-state index >= 15 is 0 Å². The zero-order chi connectivity index (χ0) is 14.6. The Labute approximate surface area is 105 Å². The lowest BCUT2D eigenvalue weighted by Gasteiger charge is -2.18. The van der Waals surface area contributed by atoms with Gasteiger partial charge >= 0.3 is 6.36 Å². The molecule has 0 saturated carbocycles. The van der Waals surface area contributed by atoms with E-state index in [1.165, 1.54) is 0 Å². The van der Waals surface area contributed by atoms with Crippen LogP contribution in [0.25, 0.3) is 0 Å². The average molecular weight is 284 g/mol. The number of hydrogen-bond donors (Lipinski definition) is 3. The van der Waals surface area contributed by atoms with Crippen molar-refractivity contribution < 1.29 is 37.6 Å². The molecule has 0 aliphatic heterocycles. The molecule has 1 rings (SSSR count). The third-order valence-corrected chi connectivity index (χ3v) is 2.31. The molecule has 0 radical (unpaired) electrons. The Morgan fingerprint density at radius 3 is 2.32 bits per heavy atom. The van der Waals surface area contributed by atoms with Crippen molar-refractivity contribution in [3.05, 3.63) is 29.6 Å². The van der Waals surface area contributed by atoms with Crippen LogP contribution in [-0.2, 0) is 0 Å². The van der Waals surface area contributed by atoms with E-state index < -0.39 is 36.7 Å². The van der Waals surface area contributed by atoms with Crippen LogP contribution in [0.2, 0.25) is 0 Å². The Bertz CT molecular complexity index is 422. The number of rotatable bonds is 5. The van der Waals surface area contributed by atoms with Gasteiger partial charge in [-0.15, -0.1) is 13.2 Å². The summed E-state index contributed by atoms with van der Waals surface area (Å²) in [5.41, 5.74) is -0.379. The van der Waals surface area contributed by atoms with Gasteiger partial charge < -0.3 is 20.1 Å². The third kappa shape index (κ3) is 4.66. The number of halogens is 4. The summed E-state index contributed by atoms with van der Waals surface area (Å²) >= 11 is 0. The summed E-state index contributed by atoms with van der Waals surface area (Å²) in [6.45, 7) is -0.422. The van der Waals surface area contributed by atoms with Gasteiger partial charge in [0.05, 0.1) is 6.10 Å². The van der Waals surface area contributed by atoms with E-state index in [1.54, 1.807) is 0 Å². The number of aliphatic hydroxyl groups is 3. The molecule has 0 bridgehead atoms. The minimum Gasteiger partial charge on any atom is -0.406 e. The van der Waals surface area contributed by atoms with Gasteiger partial charge in [0.2, 0.25) is 0 Å². The van der Waals surface area contributed by atoms with Crippen LogP contribution in [0.15, 0.2) is 18.2 Å².